The average molecular weight is 380 g/mol. The number of ether oxygens (including phenoxy) is 2. The van der Waals surface area contributed by atoms with Gasteiger partial charge in [-0.25, -0.2) is 4.98 Å². The van der Waals surface area contributed by atoms with E-state index in [9.17, 15) is 9.90 Å². The van der Waals surface area contributed by atoms with Crippen molar-refractivity contribution in [2.45, 2.75) is 26.0 Å². The van der Waals surface area contributed by atoms with E-state index in [4.69, 9.17) is 9.47 Å². The Hall–Kier alpha value is -3.12. The van der Waals surface area contributed by atoms with Crippen molar-refractivity contribution in [2.75, 3.05) is 13.7 Å². The van der Waals surface area contributed by atoms with Crippen molar-refractivity contribution in [3.63, 3.8) is 0 Å². The first-order valence-electron chi connectivity index (χ1n) is 9.08. The molecule has 3 rings (SSSR count). The number of rotatable bonds is 8. The first-order chi connectivity index (χ1) is 13.5. The van der Waals surface area contributed by atoms with Crippen LogP contribution in [0.3, 0.4) is 0 Å². The number of aromatic nitrogens is 2. The quantitative estimate of drug-likeness (QED) is 0.609. The Bertz CT molecular complexity index is 1040. The van der Waals surface area contributed by atoms with Crippen molar-refractivity contribution in [1.82, 2.24) is 9.55 Å². The van der Waals surface area contributed by atoms with Gasteiger partial charge < -0.3 is 14.6 Å². The Kier molecular flexibility index (Phi) is 6.11. The van der Waals surface area contributed by atoms with Crippen LogP contribution in [0.1, 0.15) is 11.4 Å². The van der Waals surface area contributed by atoms with Crippen LogP contribution >= 0.6 is 0 Å². The Morgan fingerprint density at radius 2 is 2.04 bits per heavy atom. The lowest BCUT2D eigenvalue weighted by atomic mass is 10.1. The lowest BCUT2D eigenvalue weighted by Gasteiger charge is -2.17. The molecule has 1 heterocycles. The summed E-state index contributed by atoms with van der Waals surface area (Å²) in [7, 11) is 1.57. The molecule has 28 heavy (non-hydrogen) atoms. The normalized spacial score (nSPS) is 12.0. The highest BCUT2D eigenvalue weighted by Crippen LogP contribution is 2.28. The zero-order valence-corrected chi connectivity index (χ0v) is 16.1. The summed E-state index contributed by atoms with van der Waals surface area (Å²) in [5, 5.41) is 10.9. The molecule has 0 aliphatic rings. The lowest BCUT2D eigenvalue weighted by Crippen LogP contribution is -2.32. The number of hydrogen-bond donors (Lipinski definition) is 1. The summed E-state index contributed by atoms with van der Waals surface area (Å²) >= 11 is 0. The van der Waals surface area contributed by atoms with Crippen molar-refractivity contribution in [3.05, 3.63) is 76.9 Å². The van der Waals surface area contributed by atoms with Crippen molar-refractivity contribution in [1.29, 1.82) is 0 Å². The summed E-state index contributed by atoms with van der Waals surface area (Å²) in [5.41, 5.74) is 1.54. The molecule has 6 heteroatoms. The van der Waals surface area contributed by atoms with Crippen LogP contribution in [-0.4, -0.2) is 34.5 Å². The van der Waals surface area contributed by atoms with E-state index in [1.807, 2.05) is 24.3 Å². The number of allylic oxidation sites excluding steroid dienone is 1. The van der Waals surface area contributed by atoms with E-state index >= 15 is 0 Å². The van der Waals surface area contributed by atoms with Crippen LogP contribution in [0.4, 0.5) is 0 Å². The van der Waals surface area contributed by atoms with Crippen LogP contribution in [0.5, 0.6) is 11.5 Å². The summed E-state index contributed by atoms with van der Waals surface area (Å²) < 4.78 is 12.6. The van der Waals surface area contributed by atoms with Crippen LogP contribution in [0.2, 0.25) is 0 Å². The fourth-order valence-electron chi connectivity index (χ4n) is 3.07. The molecule has 0 amide bonds. The van der Waals surface area contributed by atoms with Gasteiger partial charge in [0.1, 0.15) is 18.5 Å². The third-order valence-electron chi connectivity index (χ3n) is 4.49. The molecular weight excluding hydrogens is 356 g/mol. The molecule has 6 nitrogen and oxygen atoms in total. The second-order valence-electron chi connectivity index (χ2n) is 6.53. The number of para-hydroxylation sites is 1. The maximum Gasteiger partial charge on any atom is 0.261 e. The minimum absolute atomic E-state index is 0.0237. The van der Waals surface area contributed by atoms with E-state index < -0.39 is 6.10 Å². The van der Waals surface area contributed by atoms with Gasteiger partial charge in [0.2, 0.25) is 0 Å². The number of aryl methyl sites for hydroxylation is 1. The van der Waals surface area contributed by atoms with Gasteiger partial charge in [-0.05, 0) is 43.2 Å². The van der Waals surface area contributed by atoms with Crippen LogP contribution in [-0.2, 0) is 13.0 Å². The summed E-state index contributed by atoms with van der Waals surface area (Å²) in [5.74, 6) is 1.68. The van der Waals surface area contributed by atoms with E-state index in [1.165, 1.54) is 4.57 Å². The third-order valence-corrected chi connectivity index (χ3v) is 4.49. The molecule has 0 bridgehead atoms. The number of aliphatic hydroxyl groups is 1. The maximum absolute atomic E-state index is 12.7. The molecule has 0 spiro atoms. The number of aliphatic hydroxyl groups excluding tert-OH is 1. The molecule has 146 valence electrons. The van der Waals surface area contributed by atoms with E-state index in [-0.39, 0.29) is 18.7 Å². The zero-order valence-electron chi connectivity index (χ0n) is 16.1. The molecule has 0 saturated carbocycles. The Morgan fingerprint density at radius 1 is 1.25 bits per heavy atom. The largest absolute Gasteiger partial charge is 0.493 e. The molecule has 1 atom stereocenters. The summed E-state index contributed by atoms with van der Waals surface area (Å²) in [6.07, 6.45) is 1.67. The number of fused-ring (bicyclic) bond motifs is 1. The lowest BCUT2D eigenvalue weighted by molar-refractivity contribution is 0.0894. The molecule has 0 fully saturated rings. The molecule has 0 aliphatic carbocycles. The van der Waals surface area contributed by atoms with Crippen LogP contribution in [0.15, 0.2) is 59.9 Å². The molecule has 0 saturated heterocycles. The standard InChI is InChI=1S/C22H24N2O4/c1-4-7-16-10-11-20(21(12-16)27-3)28-14-17(25)13-24-15(2)23-19-9-6-5-8-18(19)22(24)26/h4-6,8-12,17,25H,1,7,13-14H2,2-3H3/t17-/m1/s1. The molecule has 0 aliphatic heterocycles. The van der Waals surface area contributed by atoms with E-state index in [1.54, 1.807) is 38.3 Å². The van der Waals surface area contributed by atoms with Gasteiger partial charge >= 0.3 is 0 Å². The van der Waals surface area contributed by atoms with Gasteiger partial charge in [0.25, 0.3) is 5.56 Å². The minimum atomic E-state index is -0.878. The maximum atomic E-state index is 12.7. The predicted molar refractivity (Wildman–Crippen MR) is 109 cm³/mol. The molecule has 3 aromatic rings. The Morgan fingerprint density at radius 3 is 2.79 bits per heavy atom. The summed E-state index contributed by atoms with van der Waals surface area (Å²) in [6.45, 7) is 5.60. The van der Waals surface area contributed by atoms with Crippen molar-refractivity contribution >= 4 is 10.9 Å². The van der Waals surface area contributed by atoms with Gasteiger partial charge in [-0.3, -0.25) is 9.36 Å². The van der Waals surface area contributed by atoms with Crippen LogP contribution in [0, 0.1) is 6.92 Å². The monoisotopic (exact) mass is 380 g/mol. The molecule has 1 N–H and O–H groups in total. The highest BCUT2D eigenvalue weighted by Gasteiger charge is 2.14. The van der Waals surface area contributed by atoms with Crippen molar-refractivity contribution < 1.29 is 14.6 Å². The first-order valence-corrected chi connectivity index (χ1v) is 9.08. The second-order valence-corrected chi connectivity index (χ2v) is 6.53. The smallest absolute Gasteiger partial charge is 0.261 e. The zero-order chi connectivity index (χ0) is 20.1. The first kappa shape index (κ1) is 19.6. The average Bonchev–Trinajstić information content (AvgIpc) is 2.70. The number of hydrogen-bond acceptors (Lipinski definition) is 5. The molecule has 0 radical (unpaired) electrons. The Balaban J connectivity index is 1.73. The SMILES string of the molecule is C=CCc1ccc(OC[C@H](O)Cn2c(C)nc3ccccc3c2=O)c(OC)c1. The van der Waals surface area contributed by atoms with E-state index in [0.29, 0.717) is 28.2 Å². The van der Waals surface area contributed by atoms with Gasteiger partial charge in [-0.2, -0.15) is 0 Å². The third kappa shape index (κ3) is 4.23. The number of nitrogens with zero attached hydrogens (tertiary/aromatic N) is 2. The molecule has 2 aromatic carbocycles. The van der Waals surface area contributed by atoms with E-state index in [2.05, 4.69) is 11.6 Å². The number of methoxy groups -OCH3 is 1. The van der Waals surface area contributed by atoms with Crippen LogP contribution < -0.4 is 15.0 Å². The Labute approximate surface area is 163 Å². The molecule has 0 unspecified atom stereocenters. The number of benzene rings is 2. The second kappa shape index (κ2) is 8.71. The minimum Gasteiger partial charge on any atom is -0.493 e. The summed E-state index contributed by atoms with van der Waals surface area (Å²) in [6, 6.07) is 12.8. The highest BCUT2D eigenvalue weighted by molar-refractivity contribution is 5.77. The van der Waals surface area contributed by atoms with Gasteiger partial charge in [-0.15, -0.1) is 6.58 Å². The van der Waals surface area contributed by atoms with Gasteiger partial charge in [-0.1, -0.05) is 24.3 Å². The van der Waals surface area contributed by atoms with Crippen LogP contribution in [0.25, 0.3) is 10.9 Å². The topological polar surface area (TPSA) is 73.6 Å². The van der Waals surface area contributed by atoms with Crippen molar-refractivity contribution in [3.8, 4) is 11.5 Å². The fourth-order valence-corrected chi connectivity index (χ4v) is 3.07. The fraction of sp³-hybridized carbons (Fsp3) is 0.273. The predicted octanol–water partition coefficient (Wildman–Crippen LogP) is 2.88. The van der Waals surface area contributed by atoms with E-state index in [0.717, 1.165) is 12.0 Å². The van der Waals surface area contributed by atoms with Gasteiger partial charge in [0, 0.05) is 0 Å². The summed E-state index contributed by atoms with van der Waals surface area (Å²) in [4.78, 5) is 17.1. The molecular formula is C22H24N2O4. The van der Waals surface area contributed by atoms with Gasteiger partial charge in [0.05, 0.1) is 24.6 Å². The highest BCUT2D eigenvalue weighted by atomic mass is 16.5. The van der Waals surface area contributed by atoms with Crippen molar-refractivity contribution in [2.24, 2.45) is 0 Å². The molecule has 1 aromatic heterocycles. The van der Waals surface area contributed by atoms with Gasteiger partial charge in [0.15, 0.2) is 11.5 Å².